The van der Waals surface area contributed by atoms with Crippen molar-refractivity contribution in [2.45, 2.75) is 27.2 Å². The van der Waals surface area contributed by atoms with E-state index in [1.807, 2.05) is 33.3 Å². The Bertz CT molecular complexity index is 268. The Morgan fingerprint density at radius 2 is 2.21 bits per heavy atom. The van der Waals surface area contributed by atoms with Crippen molar-refractivity contribution in [1.82, 2.24) is 15.1 Å². The number of carbonyl (C=O) groups excluding carboxylic acids is 1. The van der Waals surface area contributed by atoms with Gasteiger partial charge in [-0.15, -0.1) is 0 Å². The zero-order valence-electron chi connectivity index (χ0n) is 9.37. The van der Waals surface area contributed by atoms with Crippen molar-refractivity contribution in [1.29, 1.82) is 0 Å². The van der Waals surface area contributed by atoms with Crippen LogP contribution in [0.1, 0.15) is 26.3 Å². The molecule has 0 aliphatic rings. The Morgan fingerprint density at radius 3 is 2.64 bits per heavy atom. The number of hydrogen-bond acceptors (Lipinski definition) is 2. The van der Waals surface area contributed by atoms with Crippen LogP contribution in [0.25, 0.3) is 0 Å². The first kappa shape index (κ1) is 12.7. The molecule has 0 aliphatic carbocycles. The normalized spacial score (nSPS) is 8.86. The first-order valence-corrected chi connectivity index (χ1v) is 4.90. The second-order valence-corrected chi connectivity index (χ2v) is 2.76. The molecular formula is C10H19N3O. The summed E-state index contributed by atoms with van der Waals surface area (Å²) in [5.74, 6) is 0.0129. The third-order valence-electron chi connectivity index (χ3n) is 1.55. The highest BCUT2D eigenvalue weighted by atomic mass is 16.1. The van der Waals surface area contributed by atoms with E-state index in [0.29, 0.717) is 6.54 Å². The van der Waals surface area contributed by atoms with Gasteiger partial charge in [-0.3, -0.25) is 9.48 Å². The molecule has 0 aromatic carbocycles. The van der Waals surface area contributed by atoms with Gasteiger partial charge in [0.2, 0.25) is 5.91 Å². The fraction of sp³-hybridized carbons (Fsp3) is 0.600. The summed E-state index contributed by atoms with van der Waals surface area (Å²) in [7, 11) is 1.88. The maximum Gasteiger partial charge on any atom is 0.216 e. The maximum absolute atomic E-state index is 10.5. The SMILES string of the molecule is CC.CC(=O)NCCc1cnn(C)c1. The Kier molecular flexibility index (Phi) is 6.45. The molecular weight excluding hydrogens is 178 g/mol. The van der Waals surface area contributed by atoms with Crippen LogP contribution >= 0.6 is 0 Å². The number of aryl methyl sites for hydroxylation is 1. The number of nitrogens with one attached hydrogen (secondary N) is 1. The zero-order valence-corrected chi connectivity index (χ0v) is 9.37. The Morgan fingerprint density at radius 1 is 1.57 bits per heavy atom. The van der Waals surface area contributed by atoms with Crippen LogP contribution in [-0.4, -0.2) is 22.2 Å². The second-order valence-electron chi connectivity index (χ2n) is 2.76. The molecule has 0 fully saturated rings. The van der Waals surface area contributed by atoms with Gasteiger partial charge in [0, 0.05) is 26.7 Å². The predicted molar refractivity (Wildman–Crippen MR) is 56.9 cm³/mol. The molecule has 1 heterocycles. The third-order valence-corrected chi connectivity index (χ3v) is 1.55. The lowest BCUT2D eigenvalue weighted by Gasteiger charge is -1.98. The average molecular weight is 197 g/mol. The quantitative estimate of drug-likeness (QED) is 0.789. The molecule has 80 valence electrons. The van der Waals surface area contributed by atoms with Crippen molar-refractivity contribution in [3.05, 3.63) is 18.0 Å². The van der Waals surface area contributed by atoms with Crippen LogP contribution in [0.3, 0.4) is 0 Å². The zero-order chi connectivity index (χ0) is 11.0. The Balaban J connectivity index is 0.000000791. The molecule has 1 amide bonds. The summed E-state index contributed by atoms with van der Waals surface area (Å²) in [6, 6.07) is 0. The van der Waals surface area contributed by atoms with Crippen molar-refractivity contribution in [3.8, 4) is 0 Å². The summed E-state index contributed by atoms with van der Waals surface area (Å²) in [6.45, 7) is 6.20. The van der Waals surface area contributed by atoms with Crippen LogP contribution in [0.5, 0.6) is 0 Å². The summed E-state index contributed by atoms with van der Waals surface area (Å²) in [4.78, 5) is 10.5. The summed E-state index contributed by atoms with van der Waals surface area (Å²) < 4.78 is 1.75. The van der Waals surface area contributed by atoms with Crippen LogP contribution in [0.4, 0.5) is 0 Å². The highest BCUT2D eigenvalue weighted by molar-refractivity contribution is 5.72. The fourth-order valence-corrected chi connectivity index (χ4v) is 0.984. The maximum atomic E-state index is 10.5. The van der Waals surface area contributed by atoms with E-state index in [0.717, 1.165) is 12.0 Å². The standard InChI is InChI=1S/C8H13N3O.C2H6/c1-7(12)9-4-3-8-5-10-11(2)6-8;1-2/h5-6H,3-4H2,1-2H3,(H,9,12);1-2H3. The van der Waals surface area contributed by atoms with E-state index >= 15 is 0 Å². The smallest absolute Gasteiger partial charge is 0.216 e. The highest BCUT2D eigenvalue weighted by Gasteiger charge is 1.95. The summed E-state index contributed by atoms with van der Waals surface area (Å²) in [5.41, 5.74) is 1.14. The van der Waals surface area contributed by atoms with E-state index in [4.69, 9.17) is 0 Å². The Labute approximate surface area is 85.3 Å². The lowest BCUT2D eigenvalue weighted by molar-refractivity contribution is -0.118. The second kappa shape index (κ2) is 7.12. The van der Waals surface area contributed by atoms with Crippen LogP contribution in [0.2, 0.25) is 0 Å². The summed E-state index contributed by atoms with van der Waals surface area (Å²) >= 11 is 0. The number of hydrogen-bond donors (Lipinski definition) is 1. The molecule has 0 spiro atoms. The lowest BCUT2D eigenvalue weighted by atomic mass is 10.2. The minimum atomic E-state index is 0.0129. The summed E-state index contributed by atoms with van der Waals surface area (Å²) in [5, 5.41) is 6.75. The molecule has 4 heteroatoms. The molecule has 0 atom stereocenters. The van der Waals surface area contributed by atoms with Crippen molar-refractivity contribution < 1.29 is 4.79 Å². The molecule has 0 unspecified atom stereocenters. The van der Waals surface area contributed by atoms with E-state index in [9.17, 15) is 4.79 Å². The number of amides is 1. The Hall–Kier alpha value is -1.32. The van der Waals surface area contributed by atoms with Gasteiger partial charge < -0.3 is 5.32 Å². The first-order chi connectivity index (χ1) is 6.68. The van der Waals surface area contributed by atoms with E-state index < -0.39 is 0 Å². The lowest BCUT2D eigenvalue weighted by Crippen LogP contribution is -2.22. The molecule has 1 aromatic rings. The van der Waals surface area contributed by atoms with E-state index in [-0.39, 0.29) is 5.91 Å². The van der Waals surface area contributed by atoms with Gasteiger partial charge in [-0.1, -0.05) is 13.8 Å². The minimum absolute atomic E-state index is 0.0129. The molecule has 4 nitrogen and oxygen atoms in total. The van der Waals surface area contributed by atoms with Gasteiger partial charge in [0.25, 0.3) is 0 Å². The molecule has 1 rings (SSSR count). The van der Waals surface area contributed by atoms with Crippen LogP contribution in [0.15, 0.2) is 12.4 Å². The number of nitrogens with zero attached hydrogens (tertiary/aromatic N) is 2. The van der Waals surface area contributed by atoms with Crippen LogP contribution in [-0.2, 0) is 18.3 Å². The van der Waals surface area contributed by atoms with Crippen molar-refractivity contribution >= 4 is 5.91 Å². The minimum Gasteiger partial charge on any atom is -0.356 e. The molecule has 0 aliphatic heterocycles. The van der Waals surface area contributed by atoms with Gasteiger partial charge in [-0.25, -0.2) is 0 Å². The van der Waals surface area contributed by atoms with Gasteiger partial charge in [-0.05, 0) is 12.0 Å². The fourth-order valence-electron chi connectivity index (χ4n) is 0.984. The van der Waals surface area contributed by atoms with Crippen LogP contribution in [0, 0.1) is 0 Å². The predicted octanol–water partition coefficient (Wildman–Crippen LogP) is 1.12. The van der Waals surface area contributed by atoms with Gasteiger partial charge in [0.1, 0.15) is 0 Å². The first-order valence-electron chi connectivity index (χ1n) is 4.90. The molecule has 0 bridgehead atoms. The van der Waals surface area contributed by atoms with Crippen molar-refractivity contribution in [2.24, 2.45) is 7.05 Å². The molecule has 1 N–H and O–H groups in total. The molecule has 14 heavy (non-hydrogen) atoms. The average Bonchev–Trinajstić information content (AvgIpc) is 2.54. The van der Waals surface area contributed by atoms with E-state index in [1.165, 1.54) is 6.92 Å². The molecule has 1 aromatic heterocycles. The number of aromatic nitrogens is 2. The number of rotatable bonds is 3. The highest BCUT2D eigenvalue weighted by Crippen LogP contribution is 1.95. The van der Waals surface area contributed by atoms with Gasteiger partial charge >= 0.3 is 0 Å². The van der Waals surface area contributed by atoms with Crippen molar-refractivity contribution in [3.63, 3.8) is 0 Å². The molecule has 0 saturated heterocycles. The van der Waals surface area contributed by atoms with Gasteiger partial charge in [-0.2, -0.15) is 5.10 Å². The number of carbonyl (C=O) groups is 1. The van der Waals surface area contributed by atoms with E-state index in [1.54, 1.807) is 4.68 Å². The monoisotopic (exact) mass is 197 g/mol. The molecule has 0 saturated carbocycles. The largest absolute Gasteiger partial charge is 0.356 e. The third kappa shape index (κ3) is 5.35. The molecule has 0 radical (unpaired) electrons. The summed E-state index contributed by atoms with van der Waals surface area (Å²) in [6.07, 6.45) is 4.59. The van der Waals surface area contributed by atoms with Crippen LogP contribution < -0.4 is 5.32 Å². The van der Waals surface area contributed by atoms with Crippen molar-refractivity contribution in [2.75, 3.05) is 6.54 Å². The van der Waals surface area contributed by atoms with E-state index in [2.05, 4.69) is 10.4 Å². The van der Waals surface area contributed by atoms with Gasteiger partial charge in [0.05, 0.1) is 6.20 Å². The topological polar surface area (TPSA) is 46.9 Å². The van der Waals surface area contributed by atoms with Gasteiger partial charge in [0.15, 0.2) is 0 Å².